The molecule has 1 aliphatic carbocycles. The van der Waals surface area contributed by atoms with Crippen LogP contribution in [0.15, 0.2) is 67.0 Å². The summed E-state index contributed by atoms with van der Waals surface area (Å²) < 4.78 is 14.0. The third-order valence-electron chi connectivity index (χ3n) is 6.26. The first kappa shape index (κ1) is 23.2. The Labute approximate surface area is 214 Å². The molecule has 0 radical (unpaired) electrons. The van der Waals surface area contributed by atoms with Crippen LogP contribution in [0.25, 0.3) is 11.2 Å². The number of anilines is 1. The van der Waals surface area contributed by atoms with Crippen molar-refractivity contribution in [2.75, 3.05) is 18.9 Å². The highest BCUT2D eigenvalue weighted by Crippen LogP contribution is 2.46. The molecule has 4 aromatic rings. The molecule has 2 aromatic carbocycles. The normalized spacial score (nSPS) is 19.2. The van der Waals surface area contributed by atoms with Gasteiger partial charge in [0, 0.05) is 17.9 Å². The number of nitrogens with zero attached hydrogens (tertiary/aromatic N) is 4. The van der Waals surface area contributed by atoms with Gasteiger partial charge in [-0.25, -0.2) is 19.6 Å². The number of nitrogens with two attached hydrogens (primary N) is 1. The number of benzene rings is 2. The third-order valence-corrected chi connectivity index (χ3v) is 7.01. The van der Waals surface area contributed by atoms with Gasteiger partial charge in [-0.2, -0.15) is 4.98 Å². The quantitative estimate of drug-likeness (QED) is 0.198. The zero-order chi connectivity index (χ0) is 24.4. The summed E-state index contributed by atoms with van der Waals surface area (Å²) in [5, 5.41) is 0. The van der Waals surface area contributed by atoms with Crippen molar-refractivity contribution < 1.29 is 19.1 Å². The Morgan fingerprint density at radius 1 is 0.943 bits per heavy atom. The van der Waals surface area contributed by atoms with E-state index in [4.69, 9.17) is 15.2 Å². The van der Waals surface area contributed by atoms with Crippen LogP contribution >= 0.6 is 22.6 Å². The number of ether oxygens (including phenoxy) is 2. The van der Waals surface area contributed by atoms with Crippen molar-refractivity contribution in [2.24, 2.45) is 11.8 Å². The van der Waals surface area contributed by atoms with Crippen molar-refractivity contribution in [2.45, 2.75) is 12.5 Å². The number of hydrogen-bond acceptors (Lipinski definition) is 8. The number of carbonyl (C=O) groups is 2. The maximum absolute atomic E-state index is 12.6. The first-order valence-electron chi connectivity index (χ1n) is 11.1. The number of nitrogen functional groups attached to an aromatic ring is 1. The number of rotatable bonds is 7. The topological polar surface area (TPSA) is 122 Å². The van der Waals surface area contributed by atoms with Gasteiger partial charge in [-0.1, -0.05) is 36.4 Å². The first-order valence-corrected chi connectivity index (χ1v) is 12.2. The molecular formula is C25H22IN5O4. The zero-order valence-corrected chi connectivity index (χ0v) is 20.7. The minimum atomic E-state index is -0.391. The molecule has 9 nitrogen and oxygen atoms in total. The molecule has 2 aromatic heterocycles. The Hall–Kier alpha value is -3.54. The van der Waals surface area contributed by atoms with Gasteiger partial charge in [0.1, 0.15) is 9.22 Å². The highest BCUT2D eigenvalue weighted by atomic mass is 127. The Balaban J connectivity index is 1.34. The highest BCUT2D eigenvalue weighted by Gasteiger charge is 2.44. The van der Waals surface area contributed by atoms with E-state index in [9.17, 15) is 9.59 Å². The van der Waals surface area contributed by atoms with E-state index in [2.05, 4.69) is 37.5 Å². The van der Waals surface area contributed by atoms with Gasteiger partial charge in [0.2, 0.25) is 5.95 Å². The lowest BCUT2D eigenvalue weighted by Crippen LogP contribution is -2.44. The fourth-order valence-electron chi connectivity index (χ4n) is 4.38. The van der Waals surface area contributed by atoms with Gasteiger partial charge >= 0.3 is 11.9 Å². The summed E-state index contributed by atoms with van der Waals surface area (Å²) in [7, 11) is 0. The zero-order valence-electron chi connectivity index (χ0n) is 18.6. The molecule has 5 rings (SSSR count). The van der Waals surface area contributed by atoms with Crippen LogP contribution in [0.1, 0.15) is 33.2 Å². The molecule has 0 bridgehead atoms. The molecule has 3 atom stereocenters. The maximum atomic E-state index is 12.6. The lowest BCUT2D eigenvalue weighted by molar-refractivity contribution is -0.0307. The second-order valence-electron chi connectivity index (χ2n) is 8.35. The van der Waals surface area contributed by atoms with E-state index in [1.165, 1.54) is 0 Å². The van der Waals surface area contributed by atoms with Gasteiger partial charge in [0.25, 0.3) is 0 Å². The van der Waals surface area contributed by atoms with Crippen LogP contribution in [0.2, 0.25) is 0 Å². The number of hydrogen-bond donors (Lipinski definition) is 1. The summed E-state index contributed by atoms with van der Waals surface area (Å²) in [6, 6.07) is 17.7. The first-order chi connectivity index (χ1) is 17.0. The molecular weight excluding hydrogens is 561 g/mol. The molecule has 0 aliphatic heterocycles. The predicted octanol–water partition coefficient (Wildman–Crippen LogP) is 3.90. The number of halogens is 1. The van der Waals surface area contributed by atoms with Crippen LogP contribution in [0.4, 0.5) is 5.95 Å². The van der Waals surface area contributed by atoms with Gasteiger partial charge in [0.05, 0.1) is 30.7 Å². The van der Waals surface area contributed by atoms with E-state index < -0.39 is 5.97 Å². The molecule has 0 spiro atoms. The molecule has 2 N–H and O–H groups in total. The lowest BCUT2D eigenvalue weighted by atomic mass is 9.69. The summed E-state index contributed by atoms with van der Waals surface area (Å²) in [5.41, 5.74) is 8.06. The highest BCUT2D eigenvalue weighted by molar-refractivity contribution is 14.1. The maximum Gasteiger partial charge on any atom is 0.338 e. The number of imidazole rings is 1. The molecule has 1 aliphatic rings. The van der Waals surface area contributed by atoms with E-state index in [1.807, 2.05) is 16.7 Å². The minimum Gasteiger partial charge on any atom is -0.462 e. The van der Waals surface area contributed by atoms with E-state index in [0.29, 0.717) is 20.5 Å². The lowest BCUT2D eigenvalue weighted by Gasteiger charge is -2.44. The average molecular weight is 583 g/mol. The number of carbonyl (C=O) groups excluding carboxylic acids is 2. The number of esters is 2. The summed E-state index contributed by atoms with van der Waals surface area (Å²) in [4.78, 5) is 37.9. The summed E-state index contributed by atoms with van der Waals surface area (Å²) in [6.45, 7) is 0.406. The standard InChI is InChI=1S/C25H22IN5O4/c26-21-20-22(30-25(27)29-21)28-14-31(20)19-11-17(12-34-23(32)15-7-3-1-4-8-15)18(19)13-35-24(33)16-9-5-2-6-10-16/h1-10,14,17-19H,11-13H2,(H2,27,29,30)/t17-,18-,19+/m0/s1. The van der Waals surface area contributed by atoms with Crippen molar-refractivity contribution in [3.8, 4) is 0 Å². The summed E-state index contributed by atoms with van der Waals surface area (Å²) in [6.07, 6.45) is 2.44. The third kappa shape index (κ3) is 4.83. The molecule has 1 saturated carbocycles. The van der Waals surface area contributed by atoms with Crippen molar-refractivity contribution in [1.29, 1.82) is 0 Å². The molecule has 0 unspecified atom stereocenters. The van der Waals surface area contributed by atoms with Gasteiger partial charge in [-0.05, 0) is 53.3 Å². The van der Waals surface area contributed by atoms with Crippen molar-refractivity contribution >= 4 is 51.6 Å². The molecule has 35 heavy (non-hydrogen) atoms. The van der Waals surface area contributed by atoms with Crippen molar-refractivity contribution in [3.05, 3.63) is 81.8 Å². The Bertz CT molecular complexity index is 1360. The van der Waals surface area contributed by atoms with Crippen LogP contribution in [0.5, 0.6) is 0 Å². The monoisotopic (exact) mass is 583 g/mol. The second kappa shape index (κ2) is 9.98. The van der Waals surface area contributed by atoms with Crippen LogP contribution in [-0.2, 0) is 9.47 Å². The Morgan fingerprint density at radius 3 is 2.17 bits per heavy atom. The Morgan fingerprint density at radius 2 is 1.54 bits per heavy atom. The predicted molar refractivity (Wildman–Crippen MR) is 137 cm³/mol. The van der Waals surface area contributed by atoms with E-state index >= 15 is 0 Å². The fourth-order valence-corrected chi connectivity index (χ4v) is 5.14. The van der Waals surface area contributed by atoms with E-state index in [0.717, 1.165) is 11.9 Å². The smallest absolute Gasteiger partial charge is 0.338 e. The van der Waals surface area contributed by atoms with Crippen LogP contribution in [0.3, 0.4) is 0 Å². The number of aromatic nitrogens is 4. The molecule has 1 fully saturated rings. The Kier molecular flexibility index (Phi) is 6.62. The SMILES string of the molecule is Nc1nc(I)c2c(ncn2[C@@H]2C[C@@H](COC(=O)c3ccccc3)[C@@H]2COC(=O)c2ccccc2)n1. The summed E-state index contributed by atoms with van der Waals surface area (Å²) >= 11 is 2.12. The van der Waals surface area contributed by atoms with E-state index in [-0.39, 0.29) is 43.0 Å². The van der Waals surface area contributed by atoms with Crippen LogP contribution in [-0.4, -0.2) is 44.7 Å². The van der Waals surface area contributed by atoms with Gasteiger partial charge < -0.3 is 19.8 Å². The molecule has 178 valence electrons. The van der Waals surface area contributed by atoms with Crippen molar-refractivity contribution in [3.63, 3.8) is 0 Å². The average Bonchev–Trinajstić information content (AvgIpc) is 3.27. The van der Waals surface area contributed by atoms with Crippen LogP contribution < -0.4 is 5.73 Å². The van der Waals surface area contributed by atoms with Gasteiger partial charge in [-0.15, -0.1) is 0 Å². The van der Waals surface area contributed by atoms with Crippen molar-refractivity contribution in [1.82, 2.24) is 19.5 Å². The molecule has 0 amide bonds. The fraction of sp³-hybridized carbons (Fsp3) is 0.240. The van der Waals surface area contributed by atoms with Gasteiger partial charge in [-0.3, -0.25) is 0 Å². The molecule has 0 saturated heterocycles. The van der Waals surface area contributed by atoms with Gasteiger partial charge in [0.15, 0.2) is 5.65 Å². The second-order valence-corrected chi connectivity index (χ2v) is 9.37. The number of fused-ring (bicyclic) bond motifs is 1. The molecule has 2 heterocycles. The molecule has 10 heteroatoms. The van der Waals surface area contributed by atoms with Crippen LogP contribution in [0, 0.1) is 15.5 Å². The minimum absolute atomic E-state index is 0.0149. The van der Waals surface area contributed by atoms with E-state index in [1.54, 1.807) is 54.9 Å². The summed E-state index contributed by atoms with van der Waals surface area (Å²) in [5.74, 6) is -0.670. The largest absolute Gasteiger partial charge is 0.462 e.